The largest absolute Gasteiger partial charge is 0.307 e. The van der Waals surface area contributed by atoms with E-state index in [1.165, 1.54) is 56.9 Å². The Morgan fingerprint density at radius 2 is 1.50 bits per heavy atom. The molecule has 20 heavy (non-hydrogen) atoms. The highest BCUT2D eigenvalue weighted by molar-refractivity contribution is 5.14. The fourth-order valence-corrected chi connectivity index (χ4v) is 2.69. The number of nitrogens with one attached hydrogen (secondary N) is 1. The average molecular weight is 276 g/mol. The molecule has 2 nitrogen and oxygen atoms in total. The highest BCUT2D eigenvalue weighted by Gasteiger charge is 2.12. The predicted molar refractivity (Wildman–Crippen MR) is 87.9 cm³/mol. The topological polar surface area (TPSA) is 24.9 Å². The van der Waals surface area contributed by atoms with E-state index >= 15 is 0 Å². The van der Waals surface area contributed by atoms with Gasteiger partial charge in [0.05, 0.1) is 0 Å². The minimum atomic E-state index is 0.422. The lowest BCUT2D eigenvalue weighted by Gasteiger charge is -2.24. The predicted octanol–water partition coefficient (Wildman–Crippen LogP) is 5.26. The second kappa shape index (κ2) is 10.8. The summed E-state index contributed by atoms with van der Waals surface area (Å²) in [5.41, 5.74) is 1.34. The van der Waals surface area contributed by atoms with Crippen LogP contribution in [0.3, 0.4) is 0 Å². The first-order valence-corrected chi connectivity index (χ1v) is 8.43. The van der Waals surface area contributed by atoms with E-state index in [2.05, 4.69) is 43.2 Å². The highest BCUT2D eigenvalue weighted by Crippen LogP contribution is 2.17. The standard InChI is InChI=1S/C18H32N2/c1-4-6-8-10-18(11-9-7-5-2)20-16(3)17-12-14-19-15-13-17/h12-16,18,20H,4-11H2,1-3H3. The zero-order chi connectivity index (χ0) is 14.6. The molecule has 0 aliphatic heterocycles. The molecule has 0 saturated carbocycles. The Balaban J connectivity index is 2.44. The van der Waals surface area contributed by atoms with E-state index in [1.54, 1.807) is 0 Å². The van der Waals surface area contributed by atoms with Crippen LogP contribution in [0.1, 0.15) is 83.7 Å². The molecule has 0 amide bonds. The third kappa shape index (κ3) is 7.04. The number of hydrogen-bond donors (Lipinski definition) is 1. The monoisotopic (exact) mass is 276 g/mol. The van der Waals surface area contributed by atoms with Crippen molar-refractivity contribution < 1.29 is 0 Å². The maximum Gasteiger partial charge on any atom is 0.0295 e. The fourth-order valence-electron chi connectivity index (χ4n) is 2.69. The van der Waals surface area contributed by atoms with Crippen molar-refractivity contribution in [3.05, 3.63) is 30.1 Å². The number of pyridine rings is 1. The molecule has 0 fully saturated rings. The SMILES string of the molecule is CCCCCC(CCCCC)NC(C)c1ccncc1. The fraction of sp³-hybridized carbons (Fsp3) is 0.722. The Morgan fingerprint density at radius 1 is 0.950 bits per heavy atom. The minimum Gasteiger partial charge on any atom is -0.307 e. The van der Waals surface area contributed by atoms with E-state index in [0.717, 1.165) is 0 Å². The minimum absolute atomic E-state index is 0.422. The van der Waals surface area contributed by atoms with E-state index in [4.69, 9.17) is 0 Å². The van der Waals surface area contributed by atoms with E-state index < -0.39 is 0 Å². The molecular weight excluding hydrogens is 244 g/mol. The van der Waals surface area contributed by atoms with Gasteiger partial charge in [0.25, 0.3) is 0 Å². The van der Waals surface area contributed by atoms with Crippen LogP contribution >= 0.6 is 0 Å². The number of aromatic nitrogens is 1. The lowest BCUT2D eigenvalue weighted by Crippen LogP contribution is -2.31. The van der Waals surface area contributed by atoms with E-state index in [0.29, 0.717) is 12.1 Å². The van der Waals surface area contributed by atoms with Crippen molar-refractivity contribution in [2.75, 3.05) is 0 Å². The van der Waals surface area contributed by atoms with Gasteiger partial charge in [-0.25, -0.2) is 0 Å². The Labute approximate surface area is 125 Å². The molecule has 114 valence electrons. The van der Waals surface area contributed by atoms with Crippen molar-refractivity contribution in [1.82, 2.24) is 10.3 Å². The van der Waals surface area contributed by atoms with Gasteiger partial charge >= 0.3 is 0 Å². The third-order valence-corrected chi connectivity index (χ3v) is 4.00. The molecule has 1 N–H and O–H groups in total. The molecule has 0 aliphatic rings. The van der Waals surface area contributed by atoms with Crippen molar-refractivity contribution in [3.8, 4) is 0 Å². The van der Waals surface area contributed by atoms with Crippen LogP contribution in [0.2, 0.25) is 0 Å². The molecular formula is C18H32N2. The summed E-state index contributed by atoms with van der Waals surface area (Å²) < 4.78 is 0. The summed E-state index contributed by atoms with van der Waals surface area (Å²) in [4.78, 5) is 4.10. The smallest absolute Gasteiger partial charge is 0.0295 e. The van der Waals surface area contributed by atoms with Gasteiger partial charge in [0.2, 0.25) is 0 Å². The van der Waals surface area contributed by atoms with Crippen molar-refractivity contribution in [2.24, 2.45) is 0 Å². The Morgan fingerprint density at radius 3 is 2.00 bits per heavy atom. The summed E-state index contributed by atoms with van der Waals surface area (Å²) in [6, 6.07) is 5.32. The molecule has 1 unspecified atom stereocenters. The van der Waals surface area contributed by atoms with Gasteiger partial charge in [-0.1, -0.05) is 52.4 Å². The molecule has 0 radical (unpaired) electrons. The molecule has 0 saturated heterocycles. The Kier molecular flexibility index (Phi) is 9.31. The Hall–Kier alpha value is -0.890. The van der Waals surface area contributed by atoms with E-state index in [1.807, 2.05) is 12.4 Å². The second-order valence-electron chi connectivity index (χ2n) is 5.86. The lowest BCUT2D eigenvalue weighted by atomic mass is 10.00. The van der Waals surface area contributed by atoms with Crippen LogP contribution in [0.25, 0.3) is 0 Å². The van der Waals surface area contributed by atoms with Crippen LogP contribution < -0.4 is 5.32 Å². The molecule has 1 heterocycles. The summed E-state index contributed by atoms with van der Waals surface area (Å²) in [5, 5.41) is 3.82. The molecule has 0 aliphatic carbocycles. The van der Waals surface area contributed by atoms with Crippen LogP contribution in [0.4, 0.5) is 0 Å². The third-order valence-electron chi connectivity index (χ3n) is 4.00. The first kappa shape index (κ1) is 17.2. The van der Waals surface area contributed by atoms with Crippen LogP contribution in [0, 0.1) is 0 Å². The second-order valence-corrected chi connectivity index (χ2v) is 5.86. The van der Waals surface area contributed by atoms with Gasteiger partial charge in [-0.15, -0.1) is 0 Å². The van der Waals surface area contributed by atoms with Gasteiger partial charge in [-0.05, 0) is 37.5 Å². The number of nitrogens with zero attached hydrogens (tertiary/aromatic N) is 1. The first-order valence-electron chi connectivity index (χ1n) is 8.43. The summed E-state index contributed by atoms with van der Waals surface area (Å²) in [7, 11) is 0. The number of unbranched alkanes of at least 4 members (excludes halogenated alkanes) is 4. The van der Waals surface area contributed by atoms with Crippen LogP contribution in [-0.4, -0.2) is 11.0 Å². The zero-order valence-electron chi connectivity index (χ0n) is 13.6. The van der Waals surface area contributed by atoms with Crippen molar-refractivity contribution in [1.29, 1.82) is 0 Å². The summed E-state index contributed by atoms with van der Waals surface area (Å²) in [6.07, 6.45) is 14.4. The summed E-state index contributed by atoms with van der Waals surface area (Å²) in [5.74, 6) is 0. The molecule has 2 heteroatoms. The summed E-state index contributed by atoms with van der Waals surface area (Å²) in [6.45, 7) is 6.82. The van der Waals surface area contributed by atoms with Crippen molar-refractivity contribution in [2.45, 2.75) is 84.2 Å². The Bertz CT molecular complexity index is 313. The van der Waals surface area contributed by atoms with Gasteiger partial charge < -0.3 is 5.32 Å². The number of hydrogen-bond acceptors (Lipinski definition) is 2. The van der Waals surface area contributed by atoms with Crippen LogP contribution in [0.15, 0.2) is 24.5 Å². The highest BCUT2D eigenvalue weighted by atomic mass is 14.9. The van der Waals surface area contributed by atoms with Gasteiger partial charge in [0, 0.05) is 24.5 Å². The van der Waals surface area contributed by atoms with Crippen LogP contribution in [-0.2, 0) is 0 Å². The maximum atomic E-state index is 4.10. The first-order chi connectivity index (χ1) is 9.77. The molecule has 1 aromatic rings. The normalized spacial score (nSPS) is 12.8. The van der Waals surface area contributed by atoms with Gasteiger partial charge in [-0.3, -0.25) is 4.98 Å². The quantitative estimate of drug-likeness (QED) is 0.557. The van der Waals surface area contributed by atoms with Gasteiger partial charge in [0.15, 0.2) is 0 Å². The van der Waals surface area contributed by atoms with Crippen molar-refractivity contribution in [3.63, 3.8) is 0 Å². The molecule has 0 spiro atoms. The van der Waals surface area contributed by atoms with Crippen LogP contribution in [0.5, 0.6) is 0 Å². The van der Waals surface area contributed by atoms with Crippen molar-refractivity contribution >= 4 is 0 Å². The van der Waals surface area contributed by atoms with E-state index in [9.17, 15) is 0 Å². The van der Waals surface area contributed by atoms with Gasteiger partial charge in [0.1, 0.15) is 0 Å². The molecule has 1 rings (SSSR count). The molecule has 0 bridgehead atoms. The van der Waals surface area contributed by atoms with Gasteiger partial charge in [-0.2, -0.15) is 0 Å². The molecule has 0 aromatic carbocycles. The summed E-state index contributed by atoms with van der Waals surface area (Å²) >= 11 is 0. The number of rotatable bonds is 11. The lowest BCUT2D eigenvalue weighted by molar-refractivity contribution is 0.384. The van der Waals surface area contributed by atoms with E-state index in [-0.39, 0.29) is 0 Å². The molecule has 1 aromatic heterocycles. The maximum absolute atomic E-state index is 4.10. The average Bonchev–Trinajstić information content (AvgIpc) is 2.48. The zero-order valence-corrected chi connectivity index (χ0v) is 13.6. The molecule has 1 atom stereocenters.